The highest BCUT2D eigenvalue weighted by Gasteiger charge is 2.42. The number of rotatable bonds is 5. The van der Waals surface area contributed by atoms with Crippen LogP contribution in [-0.4, -0.2) is 26.3 Å². The van der Waals surface area contributed by atoms with Gasteiger partial charge in [0.1, 0.15) is 23.3 Å². The van der Waals surface area contributed by atoms with Crippen LogP contribution in [0.3, 0.4) is 0 Å². The van der Waals surface area contributed by atoms with E-state index in [0.29, 0.717) is 22.2 Å². The van der Waals surface area contributed by atoms with E-state index in [1.807, 2.05) is 35.2 Å². The van der Waals surface area contributed by atoms with Gasteiger partial charge in [-0.2, -0.15) is 0 Å². The van der Waals surface area contributed by atoms with E-state index in [0.717, 1.165) is 11.4 Å². The highest BCUT2D eigenvalue weighted by Crippen LogP contribution is 2.43. The van der Waals surface area contributed by atoms with Crippen LogP contribution < -0.4 is 10.2 Å². The zero-order chi connectivity index (χ0) is 22.9. The van der Waals surface area contributed by atoms with E-state index in [9.17, 15) is 15.0 Å². The molecule has 5 rings (SSSR count). The molecule has 8 heteroatoms. The van der Waals surface area contributed by atoms with Crippen LogP contribution in [0.25, 0.3) is 11.3 Å². The Morgan fingerprint density at radius 1 is 1.03 bits per heavy atom. The van der Waals surface area contributed by atoms with Crippen LogP contribution in [0, 0.1) is 0 Å². The van der Waals surface area contributed by atoms with Crippen molar-refractivity contribution in [3.8, 4) is 17.1 Å². The van der Waals surface area contributed by atoms with Gasteiger partial charge >= 0.3 is 5.97 Å². The topological polar surface area (TPSA) is 98.8 Å². The number of aromatic nitrogens is 1. The third-order valence-corrected chi connectivity index (χ3v) is 5.85. The molecule has 1 aliphatic rings. The van der Waals surface area contributed by atoms with Crippen LogP contribution >= 0.6 is 12.2 Å². The molecule has 0 spiro atoms. The van der Waals surface area contributed by atoms with E-state index < -0.39 is 5.97 Å². The van der Waals surface area contributed by atoms with E-state index in [-0.39, 0.29) is 23.4 Å². The van der Waals surface area contributed by atoms with Gasteiger partial charge in [-0.3, -0.25) is 4.98 Å². The predicted octanol–water partition coefficient (Wildman–Crippen LogP) is 4.92. The fourth-order valence-corrected chi connectivity index (χ4v) is 4.35. The van der Waals surface area contributed by atoms with Crippen molar-refractivity contribution in [2.45, 2.75) is 12.1 Å². The Morgan fingerprint density at radius 2 is 1.85 bits per heavy atom. The van der Waals surface area contributed by atoms with Gasteiger partial charge in [-0.15, -0.1) is 0 Å². The number of anilines is 1. The second-order valence-corrected chi connectivity index (χ2v) is 7.99. The first-order valence-corrected chi connectivity index (χ1v) is 10.7. The molecule has 3 N–H and O–H groups in total. The molecule has 2 atom stereocenters. The SMILES string of the molecule is O=C(O)c1cccc(-c2ccc([C@@H]3[C@@H](c4ccccn4)NC(=S)N3c3ccc(O)cc3)o2)c1. The van der Waals surface area contributed by atoms with E-state index in [1.165, 1.54) is 0 Å². The third-order valence-electron chi connectivity index (χ3n) is 5.54. The van der Waals surface area contributed by atoms with E-state index >= 15 is 0 Å². The number of aromatic hydroxyl groups is 1. The molecule has 2 aromatic carbocycles. The first-order chi connectivity index (χ1) is 16.0. The Balaban J connectivity index is 1.58. The van der Waals surface area contributed by atoms with Crippen LogP contribution in [0.15, 0.2) is 89.5 Å². The number of aromatic carboxylic acids is 1. The van der Waals surface area contributed by atoms with Gasteiger partial charge in [0.05, 0.1) is 17.3 Å². The number of nitrogens with one attached hydrogen (secondary N) is 1. The van der Waals surface area contributed by atoms with Crippen LogP contribution in [0.4, 0.5) is 5.69 Å². The van der Waals surface area contributed by atoms with Gasteiger partial charge in [-0.1, -0.05) is 18.2 Å². The minimum Gasteiger partial charge on any atom is -0.508 e. The average molecular weight is 458 g/mol. The van der Waals surface area contributed by atoms with Gasteiger partial charge in [0, 0.05) is 17.4 Å². The van der Waals surface area contributed by atoms with Crippen LogP contribution in [0.1, 0.15) is 33.9 Å². The minimum absolute atomic E-state index is 0.160. The number of benzene rings is 2. The molecule has 0 bridgehead atoms. The number of carboxylic acid groups (broad SMARTS) is 1. The lowest BCUT2D eigenvalue weighted by Gasteiger charge is -2.26. The number of thiocarbonyl (C=S) groups is 1. The highest BCUT2D eigenvalue weighted by molar-refractivity contribution is 7.80. The van der Waals surface area contributed by atoms with E-state index in [2.05, 4.69) is 10.3 Å². The average Bonchev–Trinajstić information content (AvgIpc) is 3.45. The van der Waals surface area contributed by atoms with Crippen molar-refractivity contribution >= 4 is 29.0 Å². The second-order valence-electron chi connectivity index (χ2n) is 7.60. The number of carbonyl (C=O) groups is 1. The molecule has 1 saturated heterocycles. The Bertz CT molecular complexity index is 1320. The van der Waals surface area contributed by atoms with Crippen LogP contribution in [0.2, 0.25) is 0 Å². The smallest absolute Gasteiger partial charge is 0.335 e. The number of pyridine rings is 1. The maximum absolute atomic E-state index is 11.4. The fourth-order valence-electron chi connectivity index (χ4n) is 4.01. The number of hydrogen-bond acceptors (Lipinski definition) is 5. The summed E-state index contributed by atoms with van der Waals surface area (Å²) in [4.78, 5) is 17.8. The molecular formula is C25H19N3O4S. The highest BCUT2D eigenvalue weighted by atomic mass is 32.1. The zero-order valence-corrected chi connectivity index (χ0v) is 18.1. The predicted molar refractivity (Wildman–Crippen MR) is 127 cm³/mol. The number of phenolic OH excluding ortho intramolecular Hbond substituents is 1. The van der Waals surface area contributed by atoms with Crippen molar-refractivity contribution in [1.82, 2.24) is 10.3 Å². The summed E-state index contributed by atoms with van der Waals surface area (Å²) >= 11 is 5.67. The summed E-state index contributed by atoms with van der Waals surface area (Å²) in [7, 11) is 0. The molecule has 7 nitrogen and oxygen atoms in total. The Labute approximate surface area is 194 Å². The number of nitrogens with zero attached hydrogens (tertiary/aromatic N) is 2. The Morgan fingerprint density at radius 3 is 2.58 bits per heavy atom. The maximum atomic E-state index is 11.4. The third kappa shape index (κ3) is 3.92. The molecule has 0 unspecified atom stereocenters. The summed E-state index contributed by atoms with van der Waals surface area (Å²) in [5.74, 6) is 0.356. The molecule has 4 aromatic rings. The molecule has 2 aromatic heterocycles. The lowest BCUT2D eigenvalue weighted by molar-refractivity contribution is 0.0697. The number of furan rings is 1. The molecular weight excluding hydrogens is 438 g/mol. The molecule has 164 valence electrons. The van der Waals surface area contributed by atoms with Gasteiger partial charge in [-0.05, 0) is 72.9 Å². The standard InChI is InChI=1S/C25H19N3O4S/c29-18-9-7-17(8-10-18)28-23(22(27-25(28)33)19-6-1-2-13-26-19)21-12-11-20(32-21)15-4-3-5-16(14-15)24(30)31/h1-14,22-23,29H,(H,27,33)(H,30,31)/t22-,23-/m1/s1. The lowest BCUT2D eigenvalue weighted by atomic mass is 10.0. The summed E-state index contributed by atoms with van der Waals surface area (Å²) < 4.78 is 6.25. The summed E-state index contributed by atoms with van der Waals surface area (Å²) in [6.07, 6.45) is 1.73. The quantitative estimate of drug-likeness (QED) is 0.363. The normalized spacial score (nSPS) is 17.7. The second kappa shape index (κ2) is 8.40. The molecule has 0 radical (unpaired) electrons. The van der Waals surface area contributed by atoms with Gasteiger partial charge in [0.25, 0.3) is 0 Å². The van der Waals surface area contributed by atoms with Gasteiger partial charge < -0.3 is 24.8 Å². The zero-order valence-electron chi connectivity index (χ0n) is 17.3. The van der Waals surface area contributed by atoms with Gasteiger partial charge in [0.2, 0.25) is 0 Å². The molecule has 0 aliphatic carbocycles. The van der Waals surface area contributed by atoms with Crippen molar-refractivity contribution in [3.63, 3.8) is 0 Å². The fraction of sp³-hybridized carbons (Fsp3) is 0.0800. The summed E-state index contributed by atoms with van der Waals surface area (Å²) in [5, 5.41) is 22.9. The van der Waals surface area contributed by atoms with Crippen molar-refractivity contribution in [3.05, 3.63) is 102 Å². The minimum atomic E-state index is -0.998. The van der Waals surface area contributed by atoms with Crippen molar-refractivity contribution in [1.29, 1.82) is 0 Å². The number of carboxylic acids is 1. The van der Waals surface area contributed by atoms with Gasteiger partial charge in [-0.25, -0.2) is 4.79 Å². The summed E-state index contributed by atoms with van der Waals surface area (Å²) in [6, 6.07) is 22.1. The summed E-state index contributed by atoms with van der Waals surface area (Å²) in [5.41, 5.74) is 2.45. The van der Waals surface area contributed by atoms with Crippen LogP contribution in [-0.2, 0) is 0 Å². The molecule has 3 heterocycles. The molecule has 0 saturated carbocycles. The maximum Gasteiger partial charge on any atom is 0.335 e. The monoisotopic (exact) mass is 457 g/mol. The Hall–Kier alpha value is -4.17. The van der Waals surface area contributed by atoms with E-state index in [1.54, 1.807) is 54.7 Å². The molecule has 33 heavy (non-hydrogen) atoms. The van der Waals surface area contributed by atoms with E-state index in [4.69, 9.17) is 16.6 Å². The number of phenols is 1. The molecule has 1 aliphatic heterocycles. The first-order valence-electron chi connectivity index (χ1n) is 10.2. The lowest BCUT2D eigenvalue weighted by Crippen LogP contribution is -2.29. The van der Waals surface area contributed by atoms with Gasteiger partial charge in [0.15, 0.2) is 5.11 Å². The number of hydrogen-bond donors (Lipinski definition) is 3. The largest absolute Gasteiger partial charge is 0.508 e. The molecule has 1 fully saturated rings. The molecule has 0 amide bonds. The van der Waals surface area contributed by atoms with Crippen molar-refractivity contribution in [2.75, 3.05) is 4.90 Å². The van der Waals surface area contributed by atoms with Crippen LogP contribution in [0.5, 0.6) is 5.75 Å². The first kappa shape index (κ1) is 20.7. The Kier molecular flexibility index (Phi) is 5.27. The van der Waals surface area contributed by atoms with Crippen molar-refractivity contribution in [2.24, 2.45) is 0 Å². The van der Waals surface area contributed by atoms with Crippen molar-refractivity contribution < 1.29 is 19.4 Å². The summed E-state index contributed by atoms with van der Waals surface area (Å²) in [6.45, 7) is 0.